The highest BCUT2D eigenvalue weighted by Gasteiger charge is 2.30. The molecule has 1 N–H and O–H groups in total. The van der Waals surface area contributed by atoms with Crippen LogP contribution in [0.15, 0.2) is 40.9 Å². The molecule has 1 saturated heterocycles. The molecule has 2 aromatic rings. The Hall–Kier alpha value is -1.17. The Labute approximate surface area is 136 Å². The second-order valence-corrected chi connectivity index (χ2v) is 7.24. The van der Waals surface area contributed by atoms with Crippen molar-refractivity contribution in [3.63, 3.8) is 0 Å². The minimum Gasteiger partial charge on any atom is -0.480 e. The molecule has 21 heavy (non-hydrogen) atoms. The summed E-state index contributed by atoms with van der Waals surface area (Å²) in [6.45, 7) is 1.60. The van der Waals surface area contributed by atoms with Crippen molar-refractivity contribution in [1.82, 2.24) is 4.90 Å². The summed E-state index contributed by atoms with van der Waals surface area (Å²) in [4.78, 5) is 15.7. The van der Waals surface area contributed by atoms with Gasteiger partial charge in [0.2, 0.25) is 0 Å². The summed E-state index contributed by atoms with van der Waals surface area (Å²) in [6.07, 6.45) is 1.73. The van der Waals surface area contributed by atoms with Gasteiger partial charge in [0.05, 0.1) is 0 Å². The summed E-state index contributed by atoms with van der Waals surface area (Å²) in [6, 6.07) is 12.1. The van der Waals surface area contributed by atoms with Gasteiger partial charge in [0, 0.05) is 26.3 Å². The summed E-state index contributed by atoms with van der Waals surface area (Å²) in [5.74, 6) is -0.699. The first-order valence-electron chi connectivity index (χ1n) is 6.95. The number of rotatable bonds is 4. The lowest BCUT2D eigenvalue weighted by molar-refractivity contribution is -0.142. The molecule has 1 aromatic carbocycles. The van der Waals surface area contributed by atoms with Crippen LogP contribution in [0.4, 0.5) is 0 Å². The molecule has 0 aliphatic carbocycles. The van der Waals surface area contributed by atoms with Crippen LogP contribution in [0.25, 0.3) is 10.4 Å². The van der Waals surface area contributed by atoms with Crippen molar-refractivity contribution in [1.29, 1.82) is 0 Å². The number of likely N-dealkylation sites (tertiary alicyclic amines) is 1. The molecule has 2 heterocycles. The quantitative estimate of drug-likeness (QED) is 0.881. The van der Waals surface area contributed by atoms with Gasteiger partial charge in [-0.15, -0.1) is 11.3 Å². The minimum absolute atomic E-state index is 0.320. The number of carboxylic acid groups (broad SMARTS) is 1. The molecule has 1 aliphatic heterocycles. The molecule has 3 nitrogen and oxygen atoms in total. The van der Waals surface area contributed by atoms with Crippen molar-refractivity contribution in [2.24, 2.45) is 0 Å². The number of aliphatic carboxylic acids is 1. The van der Waals surface area contributed by atoms with Crippen LogP contribution >= 0.6 is 27.3 Å². The molecule has 1 aromatic heterocycles. The first kappa shape index (κ1) is 14.8. The van der Waals surface area contributed by atoms with Gasteiger partial charge in [-0.1, -0.05) is 34.1 Å². The van der Waals surface area contributed by atoms with Gasteiger partial charge >= 0.3 is 5.97 Å². The summed E-state index contributed by atoms with van der Waals surface area (Å²) >= 11 is 5.31. The van der Waals surface area contributed by atoms with Crippen LogP contribution in [0.5, 0.6) is 0 Å². The van der Waals surface area contributed by atoms with Crippen molar-refractivity contribution in [3.05, 3.63) is 45.7 Å². The molecule has 1 atom stereocenters. The zero-order valence-electron chi connectivity index (χ0n) is 11.5. The van der Waals surface area contributed by atoms with E-state index in [1.54, 1.807) is 11.3 Å². The van der Waals surface area contributed by atoms with Crippen LogP contribution in [-0.4, -0.2) is 28.6 Å². The fourth-order valence-corrected chi connectivity index (χ4v) is 4.47. The van der Waals surface area contributed by atoms with E-state index in [9.17, 15) is 9.90 Å². The molecule has 1 unspecified atom stereocenters. The Balaban J connectivity index is 1.77. The van der Waals surface area contributed by atoms with E-state index >= 15 is 0 Å². The van der Waals surface area contributed by atoms with E-state index in [1.807, 2.05) is 18.2 Å². The normalized spacial score (nSPS) is 19.0. The first-order valence-corrected chi connectivity index (χ1v) is 8.56. The number of nitrogens with zero attached hydrogens (tertiary/aromatic N) is 1. The van der Waals surface area contributed by atoms with Crippen molar-refractivity contribution in [2.45, 2.75) is 25.4 Å². The third kappa shape index (κ3) is 3.20. The lowest BCUT2D eigenvalue weighted by Gasteiger charge is -2.19. The van der Waals surface area contributed by atoms with Gasteiger partial charge in [-0.05, 0) is 37.6 Å². The van der Waals surface area contributed by atoms with E-state index in [0.717, 1.165) is 30.4 Å². The third-order valence-electron chi connectivity index (χ3n) is 3.81. The lowest BCUT2D eigenvalue weighted by atomic mass is 10.2. The van der Waals surface area contributed by atoms with E-state index in [2.05, 4.69) is 39.0 Å². The number of carboxylic acids is 1. The van der Waals surface area contributed by atoms with Gasteiger partial charge < -0.3 is 5.11 Å². The molecular formula is C16H16BrNO2S. The largest absolute Gasteiger partial charge is 0.480 e. The molecule has 110 valence electrons. The molecule has 0 saturated carbocycles. The smallest absolute Gasteiger partial charge is 0.320 e. The molecule has 3 rings (SSSR count). The predicted octanol–water partition coefficient (Wildman–Crippen LogP) is 4.23. The highest BCUT2D eigenvalue weighted by molar-refractivity contribution is 9.10. The van der Waals surface area contributed by atoms with Crippen molar-refractivity contribution >= 4 is 33.2 Å². The van der Waals surface area contributed by atoms with Crippen LogP contribution in [0.2, 0.25) is 0 Å². The number of hydrogen-bond acceptors (Lipinski definition) is 3. The molecule has 1 aliphatic rings. The first-order chi connectivity index (χ1) is 10.1. The van der Waals surface area contributed by atoms with Gasteiger partial charge in [0.15, 0.2) is 0 Å². The van der Waals surface area contributed by atoms with Gasteiger partial charge in [0.25, 0.3) is 0 Å². The second-order valence-electron chi connectivity index (χ2n) is 5.21. The Morgan fingerprint density at radius 3 is 2.90 bits per heavy atom. The number of benzene rings is 1. The highest BCUT2D eigenvalue weighted by Crippen LogP contribution is 2.34. The summed E-state index contributed by atoms with van der Waals surface area (Å²) in [7, 11) is 0. The minimum atomic E-state index is -0.699. The van der Waals surface area contributed by atoms with E-state index in [1.165, 1.54) is 15.3 Å². The SMILES string of the molecule is O=C(O)C1CCCN1Cc1ccc(-c2ccccc2Br)s1. The van der Waals surface area contributed by atoms with Crippen molar-refractivity contribution in [3.8, 4) is 10.4 Å². The van der Waals surface area contributed by atoms with E-state index in [0.29, 0.717) is 0 Å². The Morgan fingerprint density at radius 1 is 1.33 bits per heavy atom. The molecule has 0 amide bonds. The van der Waals surface area contributed by atoms with Crippen LogP contribution in [0.1, 0.15) is 17.7 Å². The van der Waals surface area contributed by atoms with Gasteiger partial charge in [-0.3, -0.25) is 9.69 Å². The summed E-state index contributed by atoms with van der Waals surface area (Å²) in [5.41, 5.74) is 1.19. The maximum atomic E-state index is 11.2. The third-order valence-corrected chi connectivity index (χ3v) is 5.60. The van der Waals surface area contributed by atoms with E-state index < -0.39 is 5.97 Å². The lowest BCUT2D eigenvalue weighted by Crippen LogP contribution is -2.35. The average molecular weight is 366 g/mol. The topological polar surface area (TPSA) is 40.5 Å². The van der Waals surface area contributed by atoms with Crippen LogP contribution in [0, 0.1) is 0 Å². The van der Waals surface area contributed by atoms with Crippen LogP contribution < -0.4 is 0 Å². The van der Waals surface area contributed by atoms with Gasteiger partial charge in [0.1, 0.15) is 6.04 Å². The number of halogens is 1. The Bertz CT molecular complexity index is 655. The van der Waals surface area contributed by atoms with Crippen molar-refractivity contribution in [2.75, 3.05) is 6.54 Å². The average Bonchev–Trinajstić information content (AvgIpc) is 3.09. The second kappa shape index (κ2) is 6.30. The van der Waals surface area contributed by atoms with Crippen LogP contribution in [-0.2, 0) is 11.3 Å². The monoisotopic (exact) mass is 365 g/mol. The fourth-order valence-electron chi connectivity index (χ4n) is 2.76. The van der Waals surface area contributed by atoms with Gasteiger partial charge in [-0.2, -0.15) is 0 Å². The summed E-state index contributed by atoms with van der Waals surface area (Å²) < 4.78 is 1.09. The maximum absolute atomic E-state index is 11.2. The Morgan fingerprint density at radius 2 is 2.14 bits per heavy atom. The summed E-state index contributed by atoms with van der Waals surface area (Å²) in [5, 5.41) is 9.24. The number of carbonyl (C=O) groups is 1. The standard InChI is InChI=1S/C16H16BrNO2S/c17-13-5-2-1-4-12(13)15-8-7-11(21-15)10-18-9-3-6-14(18)16(19)20/h1-2,4-5,7-8,14H,3,6,9-10H2,(H,19,20). The van der Waals surface area contributed by atoms with Crippen LogP contribution in [0.3, 0.4) is 0 Å². The Kier molecular flexibility index (Phi) is 4.42. The zero-order valence-corrected chi connectivity index (χ0v) is 13.9. The van der Waals surface area contributed by atoms with Crippen molar-refractivity contribution < 1.29 is 9.90 Å². The molecule has 1 fully saturated rings. The van der Waals surface area contributed by atoms with E-state index in [-0.39, 0.29) is 6.04 Å². The zero-order chi connectivity index (χ0) is 14.8. The van der Waals surface area contributed by atoms with Gasteiger partial charge in [-0.25, -0.2) is 0 Å². The predicted molar refractivity (Wildman–Crippen MR) is 88.5 cm³/mol. The fraction of sp³-hybridized carbons (Fsp3) is 0.312. The molecule has 0 spiro atoms. The molecule has 0 radical (unpaired) electrons. The number of hydrogen-bond donors (Lipinski definition) is 1. The maximum Gasteiger partial charge on any atom is 0.320 e. The molecule has 0 bridgehead atoms. The highest BCUT2D eigenvalue weighted by atomic mass is 79.9. The molecule has 5 heteroatoms. The molecular weight excluding hydrogens is 350 g/mol. The van der Waals surface area contributed by atoms with E-state index in [4.69, 9.17) is 0 Å². The number of thiophene rings is 1.